The molecule has 2 aliphatic rings. The van der Waals surface area contributed by atoms with E-state index in [1.165, 1.54) is 89.5 Å². The molecule has 1 aliphatic carbocycles. The maximum Gasteiger partial charge on any atom is 0.0546 e. The van der Waals surface area contributed by atoms with Crippen molar-refractivity contribution in [2.45, 2.75) is 51.4 Å². The Balaban J connectivity index is 0.933. The van der Waals surface area contributed by atoms with Crippen LogP contribution in [-0.4, -0.2) is 0 Å². The van der Waals surface area contributed by atoms with Gasteiger partial charge in [0, 0.05) is 33.5 Å². The van der Waals surface area contributed by atoms with Crippen LogP contribution >= 0.6 is 0 Å². The van der Waals surface area contributed by atoms with Gasteiger partial charge >= 0.3 is 0 Å². The molecule has 0 saturated heterocycles. The molecule has 0 saturated carbocycles. The molecule has 0 aromatic heterocycles. The topological polar surface area (TPSA) is 6.48 Å². The second kappa shape index (κ2) is 16.7. The van der Waals surface area contributed by atoms with Gasteiger partial charge in [-0.1, -0.05) is 204 Å². The third-order valence-corrected chi connectivity index (χ3v) is 14.5. The van der Waals surface area contributed by atoms with Crippen LogP contribution in [0.2, 0.25) is 0 Å². The minimum atomic E-state index is -0.136. The van der Waals surface area contributed by atoms with Crippen molar-refractivity contribution in [2.75, 3.05) is 9.80 Å². The molecule has 9 aromatic carbocycles. The third-order valence-electron chi connectivity index (χ3n) is 14.5. The molecular weight excluding hydrogens is 797 g/mol. The van der Waals surface area contributed by atoms with Crippen molar-refractivity contribution in [3.8, 4) is 33.4 Å². The summed E-state index contributed by atoms with van der Waals surface area (Å²) in [6.07, 6.45) is 6.61. The number of hydrogen-bond acceptors (Lipinski definition) is 2. The lowest BCUT2D eigenvalue weighted by atomic mass is 9.73. The van der Waals surface area contributed by atoms with Crippen molar-refractivity contribution in [1.29, 1.82) is 0 Å². The van der Waals surface area contributed by atoms with E-state index in [4.69, 9.17) is 0 Å². The summed E-state index contributed by atoms with van der Waals surface area (Å²) in [7, 11) is 0. The predicted octanol–water partition coefficient (Wildman–Crippen LogP) is 17.9. The molecule has 66 heavy (non-hydrogen) atoms. The van der Waals surface area contributed by atoms with Gasteiger partial charge in [-0.15, -0.1) is 0 Å². The average Bonchev–Trinajstić information content (AvgIpc) is 3.65. The van der Waals surface area contributed by atoms with E-state index >= 15 is 0 Å². The van der Waals surface area contributed by atoms with Gasteiger partial charge in [-0.3, -0.25) is 0 Å². The fraction of sp³-hybridized carbons (Fsp3) is 0.125. The highest BCUT2D eigenvalue weighted by Gasteiger charge is 2.41. The molecule has 1 aliphatic heterocycles. The lowest BCUT2D eigenvalue weighted by Gasteiger charge is -2.42. The third kappa shape index (κ3) is 6.88. The second-order valence-corrected chi connectivity index (χ2v) is 18.4. The Kier molecular flexibility index (Phi) is 10.4. The summed E-state index contributed by atoms with van der Waals surface area (Å²) in [5.41, 5.74) is 22.3. The van der Waals surface area contributed by atoms with Gasteiger partial charge in [-0.2, -0.15) is 0 Å². The quantitative estimate of drug-likeness (QED) is 0.127. The van der Waals surface area contributed by atoms with Crippen LogP contribution in [0.5, 0.6) is 0 Å². The monoisotopic (exact) mass is 850 g/mol. The van der Waals surface area contributed by atoms with Crippen molar-refractivity contribution in [3.05, 3.63) is 252 Å². The zero-order chi connectivity index (χ0) is 44.8. The first-order chi connectivity index (χ1) is 32.4. The predicted molar refractivity (Wildman–Crippen MR) is 281 cm³/mol. The van der Waals surface area contributed by atoms with Crippen LogP contribution in [-0.2, 0) is 10.8 Å². The molecule has 320 valence electrons. The molecule has 2 heteroatoms. The Bertz CT molecular complexity index is 3140. The van der Waals surface area contributed by atoms with E-state index in [0.717, 1.165) is 24.2 Å². The smallest absolute Gasteiger partial charge is 0.0546 e. The average molecular weight is 851 g/mol. The molecular formula is C64H54N2. The van der Waals surface area contributed by atoms with Crippen molar-refractivity contribution < 1.29 is 0 Å². The van der Waals surface area contributed by atoms with E-state index in [-0.39, 0.29) is 10.8 Å². The molecule has 2 nitrogen and oxygen atoms in total. The minimum Gasteiger partial charge on any atom is -0.310 e. The summed E-state index contributed by atoms with van der Waals surface area (Å²) in [6.45, 7) is 9.41. The van der Waals surface area contributed by atoms with Crippen LogP contribution in [0.1, 0.15) is 73.9 Å². The summed E-state index contributed by atoms with van der Waals surface area (Å²) in [5, 5.41) is 0. The van der Waals surface area contributed by atoms with E-state index < -0.39 is 0 Å². The van der Waals surface area contributed by atoms with Gasteiger partial charge in [-0.05, 0) is 129 Å². The molecule has 0 unspecified atom stereocenters. The summed E-state index contributed by atoms with van der Waals surface area (Å²) in [6, 6.07) is 80.3. The van der Waals surface area contributed by atoms with Crippen LogP contribution in [0, 0.1) is 0 Å². The Labute approximate surface area is 390 Å². The molecule has 0 fully saturated rings. The largest absolute Gasteiger partial charge is 0.310 e. The first kappa shape index (κ1) is 41.1. The highest BCUT2D eigenvalue weighted by molar-refractivity contribution is 5.95. The van der Waals surface area contributed by atoms with Crippen LogP contribution in [0.4, 0.5) is 34.1 Å². The molecule has 0 amide bonds. The number of anilines is 6. The van der Waals surface area contributed by atoms with Crippen LogP contribution < -0.4 is 9.80 Å². The van der Waals surface area contributed by atoms with E-state index in [1.54, 1.807) is 0 Å². The fourth-order valence-corrected chi connectivity index (χ4v) is 11.0. The number of rotatable bonds is 10. The van der Waals surface area contributed by atoms with Gasteiger partial charge in [0.25, 0.3) is 0 Å². The fourth-order valence-electron chi connectivity index (χ4n) is 11.0. The maximum absolute atomic E-state index is 2.49. The van der Waals surface area contributed by atoms with Crippen molar-refractivity contribution in [3.63, 3.8) is 0 Å². The van der Waals surface area contributed by atoms with Crippen LogP contribution in [0.3, 0.4) is 0 Å². The van der Waals surface area contributed by atoms with Crippen molar-refractivity contribution in [2.24, 2.45) is 0 Å². The summed E-state index contributed by atoms with van der Waals surface area (Å²) in [4.78, 5) is 4.87. The maximum atomic E-state index is 2.49. The molecule has 0 radical (unpaired) electrons. The van der Waals surface area contributed by atoms with Crippen molar-refractivity contribution >= 4 is 46.3 Å². The second-order valence-electron chi connectivity index (χ2n) is 18.4. The number of benzene rings is 9. The molecule has 0 spiro atoms. The van der Waals surface area contributed by atoms with E-state index in [0.29, 0.717) is 0 Å². The zero-order valence-corrected chi connectivity index (χ0v) is 38.2. The molecule has 9 aromatic rings. The van der Waals surface area contributed by atoms with Crippen LogP contribution in [0.25, 0.3) is 45.5 Å². The molecule has 0 bridgehead atoms. The first-order valence-electron chi connectivity index (χ1n) is 23.5. The van der Waals surface area contributed by atoms with Gasteiger partial charge in [0.1, 0.15) is 0 Å². The molecule has 1 heterocycles. The lowest BCUT2D eigenvalue weighted by molar-refractivity contribution is 0.490. The molecule has 0 N–H and O–H groups in total. The van der Waals surface area contributed by atoms with Crippen molar-refractivity contribution in [1.82, 2.24) is 0 Å². The number of hydrogen-bond donors (Lipinski definition) is 0. The van der Waals surface area contributed by atoms with E-state index in [9.17, 15) is 0 Å². The standard InChI is InChI=1S/C64H54N2/c1-5-64(6-2)58-42-46(34-39-54(58)55-41-38-52(44-59(55)64)65(50-22-12-8-13-23-50)51-24-14-9-15-25-51)31-30-45-32-35-48(36-33-45)53-40-37-49(47-20-10-7-11-21-47)43-62(53)66-60-28-18-16-26-56(60)63(3,4)57-27-17-19-29-61(57)66/h7-44H,5-6H2,1-4H3/b31-30+. The van der Waals surface area contributed by atoms with Gasteiger partial charge in [0.15, 0.2) is 0 Å². The zero-order valence-electron chi connectivity index (χ0n) is 38.2. The first-order valence-corrected chi connectivity index (χ1v) is 23.5. The molecule has 11 rings (SSSR count). The van der Waals surface area contributed by atoms with E-state index in [2.05, 4.69) is 268 Å². The Hall–Kier alpha value is -7.68. The Morgan fingerprint density at radius 3 is 1.47 bits per heavy atom. The summed E-state index contributed by atoms with van der Waals surface area (Å²) in [5.74, 6) is 0. The Morgan fingerprint density at radius 1 is 0.379 bits per heavy atom. The number of para-hydroxylation sites is 4. The minimum absolute atomic E-state index is 0.0792. The van der Waals surface area contributed by atoms with Gasteiger partial charge in [0.2, 0.25) is 0 Å². The molecule has 0 atom stereocenters. The normalized spacial score (nSPS) is 14.0. The highest BCUT2D eigenvalue weighted by Crippen LogP contribution is 2.56. The van der Waals surface area contributed by atoms with Gasteiger partial charge < -0.3 is 9.80 Å². The van der Waals surface area contributed by atoms with Gasteiger partial charge in [0.05, 0.1) is 17.1 Å². The number of nitrogens with zero attached hydrogens (tertiary/aromatic N) is 2. The summed E-state index contributed by atoms with van der Waals surface area (Å²) >= 11 is 0. The summed E-state index contributed by atoms with van der Waals surface area (Å²) < 4.78 is 0. The number of fused-ring (bicyclic) bond motifs is 5. The SMILES string of the molecule is CCC1(CC)c2cc(/C=C/c3ccc(-c4ccc(-c5ccccc5)cc4N4c5ccccc5C(C)(C)c5ccccc54)cc3)ccc2-c2ccc(N(c3ccccc3)c3ccccc3)cc21. The Morgan fingerprint density at radius 2 is 0.864 bits per heavy atom. The highest BCUT2D eigenvalue weighted by atomic mass is 15.2. The van der Waals surface area contributed by atoms with Gasteiger partial charge in [-0.25, -0.2) is 0 Å². The van der Waals surface area contributed by atoms with E-state index in [1.807, 2.05) is 0 Å². The van der Waals surface area contributed by atoms with Crippen LogP contribution in [0.15, 0.2) is 218 Å². The lowest BCUT2D eigenvalue weighted by Crippen LogP contribution is -2.30.